The summed E-state index contributed by atoms with van der Waals surface area (Å²) in [6, 6.07) is 0. The zero-order chi connectivity index (χ0) is 5.11. The van der Waals surface area contributed by atoms with Gasteiger partial charge in [0.1, 0.15) is 0 Å². The maximum atomic E-state index is 3.31. The highest BCUT2D eigenvalue weighted by Crippen LogP contribution is 2.09. The van der Waals surface area contributed by atoms with Crippen LogP contribution in [0, 0.1) is 0 Å². The van der Waals surface area contributed by atoms with Crippen LogP contribution < -0.4 is 5.32 Å². The summed E-state index contributed by atoms with van der Waals surface area (Å²) in [6.07, 6.45) is 2.74. The van der Waals surface area contributed by atoms with Crippen LogP contribution in [-0.2, 0) is 0 Å². The first-order chi connectivity index (χ1) is 3.39. The first kappa shape index (κ1) is 5.53. The van der Waals surface area contributed by atoms with E-state index in [1.165, 1.54) is 25.9 Å². The zero-order valence-corrected chi connectivity index (χ0v) is 5.64. The normalized spacial score (nSPS) is 33.0. The second kappa shape index (κ2) is 2.64. The quantitative estimate of drug-likeness (QED) is 0.458. The standard InChI is InChI=1S/C5H12NP/c7-5-2-1-3-6-4-5/h5-6H,1-4,7H2. The first-order valence-corrected chi connectivity index (χ1v) is 3.52. The van der Waals surface area contributed by atoms with E-state index in [0.717, 1.165) is 5.66 Å². The lowest BCUT2D eigenvalue weighted by molar-refractivity contribution is 0.531. The molecular formula is C5H12NP. The van der Waals surface area contributed by atoms with Gasteiger partial charge in [-0.15, -0.1) is 9.24 Å². The Bertz CT molecular complexity index is 50.0. The van der Waals surface area contributed by atoms with E-state index in [2.05, 4.69) is 14.6 Å². The average molecular weight is 117 g/mol. The Labute approximate surface area is 47.1 Å². The van der Waals surface area contributed by atoms with E-state index in [1.807, 2.05) is 0 Å². The third kappa shape index (κ3) is 1.75. The third-order valence-corrected chi connectivity index (χ3v) is 1.90. The molecule has 2 unspecified atom stereocenters. The molecule has 2 heteroatoms. The molecule has 1 fully saturated rings. The van der Waals surface area contributed by atoms with Gasteiger partial charge < -0.3 is 5.32 Å². The third-order valence-electron chi connectivity index (χ3n) is 1.33. The van der Waals surface area contributed by atoms with E-state index in [0.29, 0.717) is 0 Å². The summed E-state index contributed by atoms with van der Waals surface area (Å²) < 4.78 is 0. The molecule has 0 aliphatic carbocycles. The Morgan fingerprint density at radius 1 is 1.57 bits per heavy atom. The van der Waals surface area contributed by atoms with Crippen molar-refractivity contribution in [3.05, 3.63) is 0 Å². The number of nitrogens with one attached hydrogen (secondary N) is 1. The maximum absolute atomic E-state index is 3.31. The van der Waals surface area contributed by atoms with Crippen molar-refractivity contribution in [1.82, 2.24) is 5.32 Å². The van der Waals surface area contributed by atoms with Gasteiger partial charge in [0.05, 0.1) is 0 Å². The van der Waals surface area contributed by atoms with Crippen molar-refractivity contribution in [2.75, 3.05) is 13.1 Å². The smallest absolute Gasteiger partial charge is 0.00142 e. The van der Waals surface area contributed by atoms with Crippen LogP contribution in [0.1, 0.15) is 12.8 Å². The van der Waals surface area contributed by atoms with Gasteiger partial charge in [-0.2, -0.15) is 0 Å². The number of rotatable bonds is 0. The van der Waals surface area contributed by atoms with E-state index < -0.39 is 0 Å². The predicted octanol–water partition coefficient (Wildman–Crippen LogP) is 0.613. The summed E-state index contributed by atoms with van der Waals surface area (Å²) in [5.41, 5.74) is 0.841. The molecule has 0 bridgehead atoms. The van der Waals surface area contributed by atoms with Crippen molar-refractivity contribution < 1.29 is 0 Å². The van der Waals surface area contributed by atoms with Gasteiger partial charge in [0.25, 0.3) is 0 Å². The lowest BCUT2D eigenvalue weighted by Crippen LogP contribution is -2.29. The van der Waals surface area contributed by atoms with Crippen molar-refractivity contribution in [2.45, 2.75) is 18.5 Å². The van der Waals surface area contributed by atoms with E-state index in [9.17, 15) is 0 Å². The molecule has 1 aliphatic heterocycles. The van der Waals surface area contributed by atoms with Gasteiger partial charge in [-0.25, -0.2) is 0 Å². The molecule has 1 rings (SSSR count). The summed E-state index contributed by atoms with van der Waals surface area (Å²) in [5, 5.41) is 3.31. The minimum absolute atomic E-state index is 0.841. The highest BCUT2D eigenvalue weighted by Gasteiger charge is 2.05. The van der Waals surface area contributed by atoms with Crippen LogP contribution in [0.15, 0.2) is 0 Å². The second-order valence-corrected chi connectivity index (χ2v) is 3.05. The fourth-order valence-corrected chi connectivity index (χ4v) is 1.28. The number of hydrogen-bond acceptors (Lipinski definition) is 1. The van der Waals surface area contributed by atoms with Crippen LogP contribution in [-0.4, -0.2) is 18.7 Å². The fourth-order valence-electron chi connectivity index (χ4n) is 0.879. The van der Waals surface area contributed by atoms with Crippen molar-refractivity contribution in [1.29, 1.82) is 0 Å². The van der Waals surface area contributed by atoms with Gasteiger partial charge in [0.15, 0.2) is 0 Å². The van der Waals surface area contributed by atoms with Crippen molar-refractivity contribution in [3.8, 4) is 0 Å². The second-order valence-electron chi connectivity index (χ2n) is 2.11. The summed E-state index contributed by atoms with van der Waals surface area (Å²) in [4.78, 5) is 0. The van der Waals surface area contributed by atoms with Crippen molar-refractivity contribution in [3.63, 3.8) is 0 Å². The topological polar surface area (TPSA) is 12.0 Å². The molecule has 0 saturated carbocycles. The molecule has 7 heavy (non-hydrogen) atoms. The summed E-state index contributed by atoms with van der Waals surface area (Å²) in [6.45, 7) is 2.43. The van der Waals surface area contributed by atoms with Gasteiger partial charge >= 0.3 is 0 Å². The SMILES string of the molecule is PC1CCCNC1. The Morgan fingerprint density at radius 2 is 2.43 bits per heavy atom. The molecule has 1 N–H and O–H groups in total. The number of piperidine rings is 1. The first-order valence-electron chi connectivity index (χ1n) is 2.86. The molecule has 0 aromatic rings. The number of hydrogen-bond donors (Lipinski definition) is 1. The largest absolute Gasteiger partial charge is 0.316 e. The molecule has 42 valence electrons. The van der Waals surface area contributed by atoms with Crippen LogP contribution in [0.25, 0.3) is 0 Å². The van der Waals surface area contributed by atoms with Crippen LogP contribution in [0.5, 0.6) is 0 Å². The monoisotopic (exact) mass is 117 g/mol. The molecule has 0 aromatic carbocycles. The zero-order valence-electron chi connectivity index (χ0n) is 4.48. The average Bonchev–Trinajstić information content (AvgIpc) is 1.69. The van der Waals surface area contributed by atoms with Gasteiger partial charge in [-0.1, -0.05) is 0 Å². The van der Waals surface area contributed by atoms with E-state index >= 15 is 0 Å². The minimum atomic E-state index is 0.841. The molecule has 1 heterocycles. The Hall–Kier alpha value is 0.390. The lowest BCUT2D eigenvalue weighted by atomic mass is 10.2. The molecule has 0 aromatic heterocycles. The van der Waals surface area contributed by atoms with E-state index in [1.54, 1.807) is 0 Å². The molecule has 1 aliphatic rings. The molecule has 2 atom stereocenters. The van der Waals surface area contributed by atoms with Gasteiger partial charge in [0, 0.05) is 6.54 Å². The van der Waals surface area contributed by atoms with Crippen LogP contribution in [0.4, 0.5) is 0 Å². The highest BCUT2D eigenvalue weighted by atomic mass is 31.0. The molecule has 0 spiro atoms. The predicted molar refractivity (Wildman–Crippen MR) is 35.6 cm³/mol. The molecule has 1 saturated heterocycles. The molecule has 0 amide bonds. The summed E-state index contributed by atoms with van der Waals surface area (Å²) in [5.74, 6) is 0. The van der Waals surface area contributed by atoms with Gasteiger partial charge in [-0.3, -0.25) is 0 Å². The Morgan fingerprint density at radius 3 is 2.71 bits per heavy atom. The Kier molecular flexibility index (Phi) is 2.08. The maximum Gasteiger partial charge on any atom is 0.00142 e. The lowest BCUT2D eigenvalue weighted by Gasteiger charge is -2.17. The highest BCUT2D eigenvalue weighted by molar-refractivity contribution is 7.17. The molecule has 0 radical (unpaired) electrons. The van der Waals surface area contributed by atoms with Crippen LogP contribution >= 0.6 is 9.24 Å². The van der Waals surface area contributed by atoms with Gasteiger partial charge in [-0.05, 0) is 25.0 Å². The van der Waals surface area contributed by atoms with Crippen LogP contribution in [0.3, 0.4) is 0 Å². The van der Waals surface area contributed by atoms with E-state index in [4.69, 9.17) is 0 Å². The minimum Gasteiger partial charge on any atom is -0.316 e. The van der Waals surface area contributed by atoms with E-state index in [-0.39, 0.29) is 0 Å². The van der Waals surface area contributed by atoms with Crippen LogP contribution in [0.2, 0.25) is 0 Å². The Balaban J connectivity index is 2.12. The van der Waals surface area contributed by atoms with Crippen molar-refractivity contribution in [2.24, 2.45) is 0 Å². The summed E-state index contributed by atoms with van der Waals surface area (Å²) in [7, 11) is 2.84. The van der Waals surface area contributed by atoms with Crippen molar-refractivity contribution >= 4 is 9.24 Å². The molecular weight excluding hydrogens is 105 g/mol. The summed E-state index contributed by atoms with van der Waals surface area (Å²) >= 11 is 0. The fraction of sp³-hybridized carbons (Fsp3) is 1.00. The van der Waals surface area contributed by atoms with Gasteiger partial charge in [0.2, 0.25) is 0 Å². The molecule has 1 nitrogen and oxygen atoms in total.